The molecular formula is C20H40N6. The van der Waals surface area contributed by atoms with Crippen molar-refractivity contribution in [1.82, 2.24) is 0 Å². The van der Waals surface area contributed by atoms with E-state index < -0.39 is 0 Å². The number of hydrogen-bond donors (Lipinski definition) is 6. The Bertz CT molecular complexity index is 421. The van der Waals surface area contributed by atoms with E-state index in [2.05, 4.69) is 24.3 Å². The molecule has 0 aliphatic heterocycles. The summed E-state index contributed by atoms with van der Waals surface area (Å²) < 4.78 is 0. The summed E-state index contributed by atoms with van der Waals surface area (Å²) in [5.74, 6) is 0. The Morgan fingerprint density at radius 3 is 1.23 bits per heavy atom. The molecular weight excluding hydrogens is 324 g/mol. The molecule has 6 heteroatoms. The van der Waals surface area contributed by atoms with E-state index in [0.29, 0.717) is 13.1 Å². The van der Waals surface area contributed by atoms with E-state index in [-0.39, 0.29) is 24.2 Å². The fourth-order valence-corrected chi connectivity index (χ4v) is 3.36. The smallest absolute Gasteiger partial charge is 0.00940 e. The van der Waals surface area contributed by atoms with Crippen LogP contribution in [-0.4, -0.2) is 37.3 Å². The molecule has 12 N–H and O–H groups in total. The number of hydrogen-bond acceptors (Lipinski definition) is 6. The van der Waals surface area contributed by atoms with Crippen molar-refractivity contribution in [1.29, 1.82) is 0 Å². The van der Waals surface area contributed by atoms with E-state index in [1.54, 1.807) is 0 Å². The lowest BCUT2D eigenvalue weighted by Crippen LogP contribution is -2.33. The predicted octanol–water partition coefficient (Wildman–Crippen LogP) is 0.339. The zero-order valence-corrected chi connectivity index (χ0v) is 16.2. The summed E-state index contributed by atoms with van der Waals surface area (Å²) in [7, 11) is 0. The van der Waals surface area contributed by atoms with Crippen LogP contribution >= 0.6 is 0 Å². The van der Waals surface area contributed by atoms with Gasteiger partial charge in [0.2, 0.25) is 0 Å². The molecule has 4 atom stereocenters. The van der Waals surface area contributed by atoms with Crippen LogP contribution < -0.4 is 34.4 Å². The molecule has 0 aromatic heterocycles. The first-order chi connectivity index (χ1) is 12.4. The maximum Gasteiger partial charge on any atom is 0.00940 e. The minimum atomic E-state index is 0.0800. The maximum atomic E-state index is 6.24. The van der Waals surface area contributed by atoms with E-state index in [1.807, 2.05) is 0 Å². The predicted molar refractivity (Wildman–Crippen MR) is 112 cm³/mol. The van der Waals surface area contributed by atoms with Gasteiger partial charge in [-0.15, -0.1) is 0 Å². The minimum absolute atomic E-state index is 0.0800. The van der Waals surface area contributed by atoms with Gasteiger partial charge >= 0.3 is 0 Å². The van der Waals surface area contributed by atoms with Gasteiger partial charge in [-0.1, -0.05) is 24.3 Å². The molecule has 0 bridgehead atoms. The lowest BCUT2D eigenvalue weighted by molar-refractivity contribution is 0.483. The van der Waals surface area contributed by atoms with Crippen LogP contribution in [0.25, 0.3) is 0 Å². The Balaban J connectivity index is 2.38. The molecule has 26 heavy (non-hydrogen) atoms. The van der Waals surface area contributed by atoms with Crippen LogP contribution in [0, 0.1) is 0 Å². The molecule has 0 fully saturated rings. The molecule has 4 unspecified atom stereocenters. The summed E-state index contributed by atoms with van der Waals surface area (Å²) in [6.45, 7) is 1.37. The molecule has 0 radical (unpaired) electrons. The molecule has 1 aromatic rings. The highest BCUT2D eigenvalue weighted by molar-refractivity contribution is 5.24. The van der Waals surface area contributed by atoms with Gasteiger partial charge in [0.1, 0.15) is 0 Å². The zero-order valence-electron chi connectivity index (χ0n) is 16.2. The molecule has 150 valence electrons. The Labute approximate surface area is 159 Å². The first-order valence-electron chi connectivity index (χ1n) is 9.94. The lowest BCUT2D eigenvalue weighted by Gasteiger charge is -2.18. The third-order valence-corrected chi connectivity index (χ3v) is 4.79. The van der Waals surface area contributed by atoms with Crippen molar-refractivity contribution in [3.8, 4) is 0 Å². The van der Waals surface area contributed by atoms with Gasteiger partial charge in [0.15, 0.2) is 0 Å². The number of nitrogens with two attached hydrogens (primary N) is 6. The third kappa shape index (κ3) is 10.2. The molecule has 0 spiro atoms. The molecule has 1 aromatic carbocycles. The van der Waals surface area contributed by atoms with Crippen LogP contribution in [0.15, 0.2) is 24.3 Å². The van der Waals surface area contributed by atoms with Crippen LogP contribution in [0.3, 0.4) is 0 Å². The molecule has 0 heterocycles. The van der Waals surface area contributed by atoms with E-state index in [0.717, 1.165) is 51.4 Å². The lowest BCUT2D eigenvalue weighted by atomic mass is 9.95. The van der Waals surface area contributed by atoms with Crippen molar-refractivity contribution in [2.75, 3.05) is 13.1 Å². The number of benzene rings is 1. The second-order valence-corrected chi connectivity index (χ2v) is 7.60. The monoisotopic (exact) mass is 364 g/mol. The van der Waals surface area contributed by atoms with Gasteiger partial charge in [0.05, 0.1) is 0 Å². The highest BCUT2D eigenvalue weighted by Crippen LogP contribution is 2.12. The Hall–Kier alpha value is -1.02. The van der Waals surface area contributed by atoms with E-state index in [4.69, 9.17) is 34.4 Å². The van der Waals surface area contributed by atoms with Crippen molar-refractivity contribution in [2.24, 2.45) is 34.4 Å². The van der Waals surface area contributed by atoms with E-state index in [9.17, 15) is 0 Å². The minimum Gasteiger partial charge on any atom is -0.330 e. The summed E-state index contributed by atoms with van der Waals surface area (Å²) in [6.07, 6.45) is 7.13. The molecule has 0 saturated heterocycles. The molecule has 1 rings (SSSR count). The van der Waals surface area contributed by atoms with Gasteiger partial charge in [-0.05, 0) is 75.6 Å². The van der Waals surface area contributed by atoms with Gasteiger partial charge in [0, 0.05) is 24.2 Å². The van der Waals surface area contributed by atoms with Gasteiger partial charge in [0.25, 0.3) is 0 Å². The maximum absolute atomic E-state index is 6.24. The quantitative estimate of drug-likeness (QED) is 0.279. The van der Waals surface area contributed by atoms with Crippen LogP contribution in [-0.2, 0) is 12.8 Å². The topological polar surface area (TPSA) is 156 Å². The second kappa shape index (κ2) is 13.2. The highest BCUT2D eigenvalue weighted by atomic mass is 14.7. The van der Waals surface area contributed by atoms with Gasteiger partial charge < -0.3 is 34.4 Å². The summed E-state index contributed by atoms with van der Waals surface area (Å²) in [5, 5.41) is 0. The standard InChI is InChI=1S/C20H40N6/c21-9-1-3-17(23)13-19(25)11-15-5-7-16(8-6-15)12-20(26)14-18(24)4-2-10-22/h5-8,17-20H,1-4,9-14,21-26H2. The van der Waals surface area contributed by atoms with E-state index in [1.165, 1.54) is 11.1 Å². The summed E-state index contributed by atoms with van der Waals surface area (Å²) >= 11 is 0. The Morgan fingerprint density at radius 1 is 0.577 bits per heavy atom. The molecule has 0 aliphatic rings. The number of rotatable bonds is 14. The van der Waals surface area contributed by atoms with Gasteiger partial charge in [-0.25, -0.2) is 0 Å². The fraction of sp³-hybridized carbons (Fsp3) is 0.700. The van der Waals surface area contributed by atoms with E-state index >= 15 is 0 Å². The average molecular weight is 365 g/mol. The van der Waals surface area contributed by atoms with Crippen LogP contribution in [0.5, 0.6) is 0 Å². The molecule has 6 nitrogen and oxygen atoms in total. The average Bonchev–Trinajstić information content (AvgIpc) is 2.59. The van der Waals surface area contributed by atoms with Gasteiger partial charge in [-0.3, -0.25) is 0 Å². The largest absolute Gasteiger partial charge is 0.330 e. The highest BCUT2D eigenvalue weighted by Gasteiger charge is 2.12. The van der Waals surface area contributed by atoms with Crippen LogP contribution in [0.2, 0.25) is 0 Å². The summed E-state index contributed by atoms with van der Waals surface area (Å²) in [6, 6.07) is 8.99. The second-order valence-electron chi connectivity index (χ2n) is 7.60. The van der Waals surface area contributed by atoms with Gasteiger partial charge in [-0.2, -0.15) is 0 Å². The van der Waals surface area contributed by atoms with Crippen molar-refractivity contribution >= 4 is 0 Å². The van der Waals surface area contributed by atoms with Crippen LogP contribution in [0.1, 0.15) is 49.7 Å². The van der Waals surface area contributed by atoms with Crippen molar-refractivity contribution in [2.45, 2.75) is 75.5 Å². The fourth-order valence-electron chi connectivity index (χ4n) is 3.36. The molecule has 0 aliphatic carbocycles. The summed E-state index contributed by atoms with van der Waals surface area (Å²) in [4.78, 5) is 0. The molecule has 0 amide bonds. The summed E-state index contributed by atoms with van der Waals surface area (Å²) in [5.41, 5.74) is 38.2. The first kappa shape index (κ1) is 23.0. The van der Waals surface area contributed by atoms with Crippen molar-refractivity contribution in [3.63, 3.8) is 0 Å². The first-order valence-corrected chi connectivity index (χ1v) is 9.94. The Morgan fingerprint density at radius 2 is 0.923 bits per heavy atom. The van der Waals surface area contributed by atoms with Crippen molar-refractivity contribution in [3.05, 3.63) is 35.4 Å². The normalized spacial score (nSPS) is 16.2. The van der Waals surface area contributed by atoms with Crippen molar-refractivity contribution < 1.29 is 0 Å². The van der Waals surface area contributed by atoms with Crippen LogP contribution in [0.4, 0.5) is 0 Å². The SMILES string of the molecule is NCCCC(N)CC(N)Cc1ccc(CC(N)CC(N)CCCN)cc1. The third-order valence-electron chi connectivity index (χ3n) is 4.79. The molecule has 0 saturated carbocycles. The zero-order chi connectivity index (χ0) is 19.4. The Kier molecular flexibility index (Phi) is 11.7.